The molecular formula is C25H23ClN2O2S. The number of hydrogen-bond acceptors (Lipinski definition) is 4. The SMILES string of the molecule is CCCCOc1ccc(/C=C2\SC(=Nc3ccc(C)c(Cl)c3)NC2=O)c2ccccc12. The van der Waals surface area contributed by atoms with Gasteiger partial charge in [0, 0.05) is 10.4 Å². The van der Waals surface area contributed by atoms with Crippen LogP contribution in [0, 0.1) is 6.92 Å². The summed E-state index contributed by atoms with van der Waals surface area (Å²) in [5, 5.41) is 6.12. The number of rotatable bonds is 6. The Labute approximate surface area is 191 Å². The fraction of sp³-hybridized carbons (Fsp3) is 0.200. The molecule has 0 atom stereocenters. The minimum atomic E-state index is -0.158. The zero-order valence-corrected chi connectivity index (χ0v) is 19.0. The lowest BCUT2D eigenvalue weighted by Gasteiger charge is -2.11. The molecule has 0 aliphatic carbocycles. The number of hydrogen-bond donors (Lipinski definition) is 1. The summed E-state index contributed by atoms with van der Waals surface area (Å²) in [5.74, 6) is 0.711. The molecule has 0 spiro atoms. The highest BCUT2D eigenvalue weighted by Crippen LogP contribution is 2.34. The molecule has 0 bridgehead atoms. The highest BCUT2D eigenvalue weighted by Gasteiger charge is 2.24. The number of amides is 1. The molecule has 0 unspecified atom stereocenters. The number of nitrogens with zero attached hydrogens (tertiary/aromatic N) is 1. The molecule has 1 saturated heterocycles. The number of nitrogens with one attached hydrogen (secondary N) is 1. The van der Waals surface area contributed by atoms with Crippen molar-refractivity contribution in [2.24, 2.45) is 4.99 Å². The van der Waals surface area contributed by atoms with Gasteiger partial charge in [0.2, 0.25) is 0 Å². The van der Waals surface area contributed by atoms with E-state index >= 15 is 0 Å². The molecule has 158 valence electrons. The maximum Gasteiger partial charge on any atom is 0.264 e. The third-order valence-electron chi connectivity index (χ3n) is 5.00. The van der Waals surface area contributed by atoms with Gasteiger partial charge in [-0.1, -0.05) is 61.3 Å². The van der Waals surface area contributed by atoms with E-state index in [1.54, 1.807) is 6.07 Å². The van der Waals surface area contributed by atoms with Crippen molar-refractivity contribution in [2.75, 3.05) is 6.61 Å². The molecule has 4 rings (SSSR count). The summed E-state index contributed by atoms with van der Waals surface area (Å²) in [5.41, 5.74) is 2.66. The third-order valence-corrected chi connectivity index (χ3v) is 6.31. The van der Waals surface area contributed by atoms with E-state index < -0.39 is 0 Å². The molecule has 0 aromatic heterocycles. The smallest absolute Gasteiger partial charge is 0.264 e. The zero-order chi connectivity index (χ0) is 21.8. The van der Waals surface area contributed by atoms with Gasteiger partial charge in [-0.05, 0) is 65.9 Å². The van der Waals surface area contributed by atoms with Crippen LogP contribution in [-0.2, 0) is 4.79 Å². The number of carbonyl (C=O) groups excluding carboxylic acids is 1. The molecule has 1 aliphatic heterocycles. The number of benzene rings is 3. The van der Waals surface area contributed by atoms with Crippen LogP contribution in [-0.4, -0.2) is 17.7 Å². The van der Waals surface area contributed by atoms with E-state index in [1.165, 1.54) is 11.8 Å². The fourth-order valence-corrected chi connectivity index (χ4v) is 4.27. The van der Waals surface area contributed by atoms with E-state index in [4.69, 9.17) is 16.3 Å². The summed E-state index contributed by atoms with van der Waals surface area (Å²) in [7, 11) is 0. The number of halogens is 1. The Hall–Kier alpha value is -2.76. The molecule has 0 radical (unpaired) electrons. The summed E-state index contributed by atoms with van der Waals surface area (Å²) < 4.78 is 5.97. The Balaban J connectivity index is 1.62. The minimum Gasteiger partial charge on any atom is -0.493 e. The zero-order valence-electron chi connectivity index (χ0n) is 17.4. The molecule has 6 heteroatoms. The van der Waals surface area contributed by atoms with Crippen molar-refractivity contribution < 1.29 is 9.53 Å². The Morgan fingerprint density at radius 3 is 2.71 bits per heavy atom. The molecule has 1 amide bonds. The molecule has 31 heavy (non-hydrogen) atoms. The van der Waals surface area contributed by atoms with Crippen LogP contribution < -0.4 is 10.1 Å². The van der Waals surface area contributed by atoms with E-state index in [0.29, 0.717) is 27.4 Å². The second-order valence-electron chi connectivity index (χ2n) is 7.32. The van der Waals surface area contributed by atoms with Gasteiger partial charge in [0.15, 0.2) is 5.17 Å². The number of aliphatic imine (C=N–C) groups is 1. The van der Waals surface area contributed by atoms with Gasteiger partial charge < -0.3 is 10.1 Å². The van der Waals surface area contributed by atoms with Gasteiger partial charge in [0.1, 0.15) is 5.75 Å². The van der Waals surface area contributed by atoms with E-state index in [9.17, 15) is 4.79 Å². The van der Waals surface area contributed by atoms with Crippen molar-refractivity contribution in [2.45, 2.75) is 26.7 Å². The number of fused-ring (bicyclic) bond motifs is 1. The average molecular weight is 451 g/mol. The predicted octanol–water partition coefficient (Wildman–Crippen LogP) is 6.87. The monoisotopic (exact) mass is 450 g/mol. The Bertz CT molecular complexity index is 1200. The summed E-state index contributed by atoms with van der Waals surface area (Å²) in [6.45, 7) is 4.78. The second-order valence-corrected chi connectivity index (χ2v) is 8.75. The molecule has 1 fully saturated rings. The van der Waals surface area contributed by atoms with Crippen LogP contribution in [0.3, 0.4) is 0 Å². The van der Waals surface area contributed by atoms with Crippen molar-refractivity contribution in [3.8, 4) is 5.75 Å². The maximum atomic E-state index is 12.5. The van der Waals surface area contributed by atoms with Crippen LogP contribution in [0.25, 0.3) is 16.8 Å². The van der Waals surface area contributed by atoms with E-state index in [-0.39, 0.29) is 5.91 Å². The number of aryl methyl sites for hydroxylation is 1. The number of carbonyl (C=O) groups is 1. The lowest BCUT2D eigenvalue weighted by molar-refractivity contribution is -0.115. The van der Waals surface area contributed by atoms with Crippen molar-refractivity contribution in [3.63, 3.8) is 0 Å². The Morgan fingerprint density at radius 2 is 1.94 bits per heavy atom. The molecule has 1 heterocycles. The molecule has 1 aliphatic rings. The summed E-state index contributed by atoms with van der Waals surface area (Å²) in [6.07, 6.45) is 4.02. The lowest BCUT2D eigenvalue weighted by atomic mass is 10.0. The lowest BCUT2D eigenvalue weighted by Crippen LogP contribution is -2.19. The first-order valence-electron chi connectivity index (χ1n) is 10.3. The minimum absolute atomic E-state index is 0.158. The van der Waals surface area contributed by atoms with Gasteiger partial charge in [-0.2, -0.15) is 0 Å². The van der Waals surface area contributed by atoms with Crippen LogP contribution >= 0.6 is 23.4 Å². The standard InChI is InChI=1S/C25H23ClN2O2S/c1-3-4-13-30-22-12-10-17(19-7-5-6-8-20(19)22)14-23-24(29)28-25(31-23)27-18-11-9-16(2)21(26)15-18/h5-12,14-15H,3-4,13H2,1-2H3,(H,27,28,29)/b23-14-. The first kappa shape index (κ1) is 21.5. The maximum absolute atomic E-state index is 12.5. The van der Waals surface area contributed by atoms with Gasteiger partial charge in [-0.15, -0.1) is 0 Å². The summed E-state index contributed by atoms with van der Waals surface area (Å²) >= 11 is 7.51. The van der Waals surface area contributed by atoms with Crippen LogP contribution in [0.1, 0.15) is 30.9 Å². The van der Waals surface area contributed by atoms with E-state index in [1.807, 2.05) is 49.4 Å². The summed E-state index contributed by atoms with van der Waals surface area (Å²) in [4.78, 5) is 17.7. The van der Waals surface area contributed by atoms with Gasteiger partial charge in [0.05, 0.1) is 17.2 Å². The van der Waals surface area contributed by atoms with Crippen molar-refractivity contribution in [3.05, 3.63) is 75.7 Å². The Kier molecular flexibility index (Phi) is 6.64. The second kappa shape index (κ2) is 9.58. The van der Waals surface area contributed by atoms with Gasteiger partial charge in [-0.3, -0.25) is 4.79 Å². The topological polar surface area (TPSA) is 50.7 Å². The predicted molar refractivity (Wildman–Crippen MR) is 131 cm³/mol. The molecule has 1 N–H and O–H groups in total. The van der Waals surface area contributed by atoms with E-state index in [0.717, 1.165) is 40.5 Å². The molecule has 0 saturated carbocycles. The average Bonchev–Trinajstić information content (AvgIpc) is 3.11. The van der Waals surface area contributed by atoms with Crippen LogP contribution in [0.2, 0.25) is 5.02 Å². The highest BCUT2D eigenvalue weighted by atomic mass is 35.5. The van der Waals surface area contributed by atoms with E-state index in [2.05, 4.69) is 29.4 Å². The van der Waals surface area contributed by atoms with Crippen LogP contribution in [0.15, 0.2) is 64.5 Å². The van der Waals surface area contributed by atoms with Gasteiger partial charge in [0.25, 0.3) is 5.91 Å². The molecular weight excluding hydrogens is 428 g/mol. The van der Waals surface area contributed by atoms with Crippen LogP contribution in [0.5, 0.6) is 5.75 Å². The summed E-state index contributed by atoms with van der Waals surface area (Å²) in [6, 6.07) is 17.7. The largest absolute Gasteiger partial charge is 0.493 e. The number of unbranched alkanes of at least 4 members (excludes halogenated alkanes) is 1. The number of amidine groups is 1. The fourth-order valence-electron chi connectivity index (χ4n) is 3.26. The first-order chi connectivity index (χ1) is 15.0. The van der Waals surface area contributed by atoms with Gasteiger partial charge in [-0.25, -0.2) is 4.99 Å². The number of ether oxygens (including phenoxy) is 1. The van der Waals surface area contributed by atoms with Crippen molar-refractivity contribution in [1.82, 2.24) is 5.32 Å². The third kappa shape index (κ3) is 4.94. The van der Waals surface area contributed by atoms with Gasteiger partial charge >= 0.3 is 0 Å². The molecule has 3 aromatic rings. The molecule has 3 aromatic carbocycles. The highest BCUT2D eigenvalue weighted by molar-refractivity contribution is 8.18. The van der Waals surface area contributed by atoms with Crippen LogP contribution in [0.4, 0.5) is 5.69 Å². The quantitative estimate of drug-likeness (QED) is 0.329. The normalized spacial score (nSPS) is 16.3. The molecule has 4 nitrogen and oxygen atoms in total. The first-order valence-corrected chi connectivity index (χ1v) is 11.4. The van der Waals surface area contributed by atoms with Crippen molar-refractivity contribution >= 4 is 57.0 Å². The van der Waals surface area contributed by atoms with Crippen molar-refractivity contribution in [1.29, 1.82) is 0 Å². The Morgan fingerprint density at radius 1 is 1.13 bits per heavy atom. The number of thioether (sulfide) groups is 1.